The van der Waals surface area contributed by atoms with Crippen LogP contribution in [0.2, 0.25) is 0 Å². The van der Waals surface area contributed by atoms with Crippen molar-refractivity contribution in [2.45, 2.75) is 12.3 Å². The monoisotopic (exact) mass is 312 g/mol. The fraction of sp³-hybridized carbons (Fsp3) is 0.182. The Kier molecular flexibility index (Phi) is 3.86. The highest BCUT2D eigenvalue weighted by Gasteiger charge is 2.23. The minimum Gasteiger partial charge on any atom is -0.481 e. The summed E-state index contributed by atoms with van der Waals surface area (Å²) >= 11 is 4.63. The van der Waals surface area contributed by atoms with Gasteiger partial charge in [-0.1, -0.05) is 28.1 Å². The van der Waals surface area contributed by atoms with Crippen molar-refractivity contribution in [3.8, 4) is 0 Å². The van der Waals surface area contributed by atoms with Gasteiger partial charge in [-0.2, -0.15) is 0 Å². The van der Waals surface area contributed by atoms with Gasteiger partial charge in [0.2, 0.25) is 0 Å². The molecule has 0 bridgehead atoms. The van der Waals surface area contributed by atoms with E-state index >= 15 is 0 Å². The number of carboxylic acids is 1. The molecule has 0 fully saturated rings. The first-order valence-electron chi connectivity index (χ1n) is 4.90. The van der Waals surface area contributed by atoms with E-state index in [1.165, 1.54) is 11.3 Å². The van der Waals surface area contributed by atoms with Crippen LogP contribution in [0.3, 0.4) is 0 Å². The van der Waals surface area contributed by atoms with Gasteiger partial charge in [0.05, 0.1) is 0 Å². The highest BCUT2D eigenvalue weighted by Crippen LogP contribution is 2.23. The zero-order chi connectivity index (χ0) is 12.3. The quantitative estimate of drug-likeness (QED) is 0.942. The van der Waals surface area contributed by atoms with Crippen molar-refractivity contribution in [2.24, 2.45) is 0 Å². The maximum Gasteiger partial charge on any atom is 0.313 e. The van der Waals surface area contributed by atoms with Crippen molar-refractivity contribution in [3.05, 3.63) is 44.8 Å². The molecule has 6 heteroatoms. The normalized spacial score (nSPS) is 12.3. The van der Waals surface area contributed by atoms with Gasteiger partial charge in [-0.15, -0.1) is 21.5 Å². The van der Waals surface area contributed by atoms with Crippen molar-refractivity contribution < 1.29 is 9.90 Å². The minimum atomic E-state index is -0.873. The van der Waals surface area contributed by atoms with Crippen molar-refractivity contribution >= 4 is 33.2 Å². The molecule has 2 rings (SSSR count). The van der Waals surface area contributed by atoms with Crippen LogP contribution in [0.1, 0.15) is 16.5 Å². The van der Waals surface area contributed by atoms with Crippen molar-refractivity contribution in [1.82, 2.24) is 10.2 Å². The maximum atomic E-state index is 11.2. The van der Waals surface area contributed by atoms with Gasteiger partial charge in [0, 0.05) is 4.47 Å². The van der Waals surface area contributed by atoms with Crippen LogP contribution in [0, 0.1) is 0 Å². The van der Waals surface area contributed by atoms with Gasteiger partial charge < -0.3 is 5.11 Å². The molecule has 17 heavy (non-hydrogen) atoms. The van der Waals surface area contributed by atoms with Gasteiger partial charge in [0.1, 0.15) is 16.4 Å². The van der Waals surface area contributed by atoms with E-state index in [0.717, 1.165) is 10.0 Å². The average Bonchev–Trinajstić information content (AvgIpc) is 2.78. The average molecular weight is 313 g/mol. The summed E-state index contributed by atoms with van der Waals surface area (Å²) in [7, 11) is 0. The molecule has 4 nitrogen and oxygen atoms in total. The second kappa shape index (κ2) is 5.37. The third-order valence-corrected chi connectivity index (χ3v) is 3.60. The Balaban J connectivity index is 2.22. The molecule has 0 aliphatic rings. The van der Waals surface area contributed by atoms with Gasteiger partial charge in [0.25, 0.3) is 0 Å². The third-order valence-electron chi connectivity index (χ3n) is 2.30. The number of benzene rings is 1. The van der Waals surface area contributed by atoms with Crippen LogP contribution >= 0.6 is 27.3 Å². The minimum absolute atomic E-state index is 0.421. The van der Waals surface area contributed by atoms with Crippen LogP contribution in [-0.2, 0) is 11.2 Å². The van der Waals surface area contributed by atoms with E-state index in [-0.39, 0.29) is 0 Å². The summed E-state index contributed by atoms with van der Waals surface area (Å²) in [6, 6.07) is 7.61. The first-order chi connectivity index (χ1) is 8.16. The summed E-state index contributed by atoms with van der Waals surface area (Å²) in [5, 5.41) is 17.3. The fourth-order valence-electron chi connectivity index (χ4n) is 1.51. The van der Waals surface area contributed by atoms with Crippen LogP contribution in [-0.4, -0.2) is 21.3 Å². The molecule has 1 aromatic heterocycles. The molecule has 88 valence electrons. The van der Waals surface area contributed by atoms with Crippen LogP contribution < -0.4 is 0 Å². The second-order valence-electron chi connectivity index (χ2n) is 3.50. The Bertz CT molecular complexity index is 516. The third kappa shape index (κ3) is 3.10. The molecule has 1 unspecified atom stereocenters. The zero-order valence-electron chi connectivity index (χ0n) is 8.71. The Hall–Kier alpha value is -1.27. The fourth-order valence-corrected chi connectivity index (χ4v) is 2.60. The van der Waals surface area contributed by atoms with Crippen LogP contribution in [0.25, 0.3) is 0 Å². The van der Waals surface area contributed by atoms with Gasteiger partial charge in [-0.3, -0.25) is 4.79 Å². The van der Waals surface area contributed by atoms with E-state index in [2.05, 4.69) is 26.1 Å². The molecule has 0 aliphatic heterocycles. The number of hydrogen-bond donors (Lipinski definition) is 1. The molecule has 0 saturated heterocycles. The molecule has 0 aliphatic carbocycles. The van der Waals surface area contributed by atoms with Crippen LogP contribution in [0.15, 0.2) is 34.2 Å². The summed E-state index contributed by atoms with van der Waals surface area (Å²) in [4.78, 5) is 11.2. The van der Waals surface area contributed by atoms with Gasteiger partial charge in [-0.05, 0) is 24.1 Å². The number of hydrogen-bond acceptors (Lipinski definition) is 4. The van der Waals surface area contributed by atoms with Crippen molar-refractivity contribution in [1.29, 1.82) is 0 Å². The summed E-state index contributed by atoms with van der Waals surface area (Å²) < 4.78 is 0.941. The molecule has 1 aromatic carbocycles. The highest BCUT2D eigenvalue weighted by atomic mass is 79.9. The number of carbonyl (C=O) groups is 1. The highest BCUT2D eigenvalue weighted by molar-refractivity contribution is 9.10. The van der Waals surface area contributed by atoms with E-state index in [4.69, 9.17) is 0 Å². The number of rotatable bonds is 4. The van der Waals surface area contributed by atoms with Crippen LogP contribution in [0.5, 0.6) is 0 Å². The Morgan fingerprint density at radius 1 is 1.53 bits per heavy atom. The molecule has 2 aromatic rings. The molecule has 1 N–H and O–H groups in total. The summed E-state index contributed by atoms with van der Waals surface area (Å²) in [6.07, 6.45) is 0.421. The topological polar surface area (TPSA) is 63.1 Å². The molecule has 0 saturated carbocycles. The van der Waals surface area contributed by atoms with Gasteiger partial charge >= 0.3 is 5.97 Å². The molecular weight excluding hydrogens is 304 g/mol. The smallest absolute Gasteiger partial charge is 0.313 e. The number of nitrogens with zero attached hydrogens (tertiary/aromatic N) is 2. The molecular formula is C11H9BrN2O2S. The van der Waals surface area contributed by atoms with Gasteiger partial charge in [0.15, 0.2) is 0 Å². The molecule has 1 heterocycles. The predicted molar refractivity (Wildman–Crippen MR) is 68.1 cm³/mol. The van der Waals surface area contributed by atoms with E-state index in [0.29, 0.717) is 11.4 Å². The lowest BCUT2D eigenvalue weighted by molar-refractivity contribution is -0.138. The predicted octanol–water partition coefficient (Wildman–Crippen LogP) is 2.71. The first-order valence-corrected chi connectivity index (χ1v) is 6.57. The standard InChI is InChI=1S/C11H9BrN2O2S/c12-8-3-1-2-7(4-8)5-9(11(15)16)10-14-13-6-17-10/h1-4,6,9H,5H2,(H,15,16). The maximum absolute atomic E-state index is 11.2. The SMILES string of the molecule is O=C(O)C(Cc1cccc(Br)c1)c1nncs1. The Morgan fingerprint density at radius 2 is 2.35 bits per heavy atom. The second-order valence-corrected chi connectivity index (χ2v) is 5.28. The number of halogens is 1. The van der Waals surface area contributed by atoms with Crippen molar-refractivity contribution in [2.75, 3.05) is 0 Å². The number of carboxylic acid groups (broad SMARTS) is 1. The summed E-state index contributed by atoms with van der Waals surface area (Å²) in [5.74, 6) is -1.50. The molecule has 0 spiro atoms. The lowest BCUT2D eigenvalue weighted by Gasteiger charge is -2.08. The zero-order valence-corrected chi connectivity index (χ0v) is 11.1. The summed E-state index contributed by atoms with van der Waals surface area (Å²) in [6.45, 7) is 0. The largest absolute Gasteiger partial charge is 0.481 e. The van der Waals surface area contributed by atoms with E-state index < -0.39 is 11.9 Å². The lowest BCUT2D eigenvalue weighted by atomic mass is 10.0. The van der Waals surface area contributed by atoms with E-state index in [1.807, 2.05) is 24.3 Å². The number of aromatic nitrogens is 2. The molecule has 0 radical (unpaired) electrons. The van der Waals surface area contributed by atoms with Crippen LogP contribution in [0.4, 0.5) is 0 Å². The number of aliphatic carboxylic acids is 1. The summed E-state index contributed by atoms with van der Waals surface area (Å²) in [5.41, 5.74) is 2.51. The Morgan fingerprint density at radius 3 is 2.94 bits per heavy atom. The van der Waals surface area contributed by atoms with Gasteiger partial charge in [-0.25, -0.2) is 0 Å². The lowest BCUT2D eigenvalue weighted by Crippen LogP contribution is -2.14. The molecule has 1 atom stereocenters. The first kappa shape index (κ1) is 12.2. The van der Waals surface area contributed by atoms with E-state index in [9.17, 15) is 9.90 Å². The molecule has 0 amide bonds. The Labute approximate surface area is 110 Å². The van der Waals surface area contributed by atoms with Crippen molar-refractivity contribution in [3.63, 3.8) is 0 Å². The van der Waals surface area contributed by atoms with E-state index in [1.54, 1.807) is 5.51 Å².